The van der Waals surface area contributed by atoms with Crippen molar-refractivity contribution in [2.75, 3.05) is 13.1 Å². The molecule has 2 unspecified atom stereocenters. The Kier molecular flexibility index (Phi) is 2.48. The molecule has 3 nitrogen and oxygen atoms in total. The molecule has 0 aliphatic carbocycles. The van der Waals surface area contributed by atoms with Crippen LogP contribution in [0.5, 0.6) is 0 Å². The second-order valence-corrected chi connectivity index (χ2v) is 3.17. The third-order valence-corrected chi connectivity index (χ3v) is 2.15. The summed E-state index contributed by atoms with van der Waals surface area (Å²) in [6.07, 6.45) is 0.673. The summed E-state index contributed by atoms with van der Waals surface area (Å²) >= 11 is 0. The summed E-state index contributed by atoms with van der Waals surface area (Å²) < 4.78 is 5.55. The lowest BCUT2D eigenvalue weighted by Gasteiger charge is -2.35. The van der Waals surface area contributed by atoms with Crippen LogP contribution in [0.1, 0.15) is 20.3 Å². The highest BCUT2D eigenvalue weighted by Crippen LogP contribution is 2.19. The lowest BCUT2D eigenvalue weighted by molar-refractivity contribution is -0.0842. The van der Waals surface area contributed by atoms with Crippen molar-refractivity contribution in [1.29, 1.82) is 5.26 Å². The molecular formula is C8H14N2O. The molecule has 0 radical (unpaired) electrons. The van der Waals surface area contributed by atoms with Crippen molar-refractivity contribution in [3.8, 4) is 6.07 Å². The first-order valence-electron chi connectivity index (χ1n) is 3.98. The van der Waals surface area contributed by atoms with Gasteiger partial charge in [0.05, 0.1) is 11.7 Å². The zero-order chi connectivity index (χ0) is 8.32. The molecule has 1 aliphatic rings. The largest absolute Gasteiger partial charge is 0.354 e. The highest BCUT2D eigenvalue weighted by molar-refractivity contribution is 4.94. The second kappa shape index (κ2) is 3.21. The zero-order valence-corrected chi connectivity index (χ0v) is 7.05. The number of morpholine rings is 1. The van der Waals surface area contributed by atoms with Crippen molar-refractivity contribution in [3.05, 3.63) is 0 Å². The van der Waals surface area contributed by atoms with E-state index in [9.17, 15) is 0 Å². The van der Waals surface area contributed by atoms with Crippen LogP contribution in [0.4, 0.5) is 0 Å². The molecule has 1 aliphatic heterocycles. The summed E-state index contributed by atoms with van der Waals surface area (Å²) in [7, 11) is 0. The number of nitrogens with one attached hydrogen (secondary N) is 1. The van der Waals surface area contributed by atoms with E-state index in [-0.39, 0.29) is 11.7 Å². The maximum atomic E-state index is 8.60. The molecular weight excluding hydrogens is 140 g/mol. The second-order valence-electron chi connectivity index (χ2n) is 3.17. The number of rotatable bonds is 1. The SMILES string of the molecule is CCC1(C)CNCC(C#N)O1. The van der Waals surface area contributed by atoms with Gasteiger partial charge in [0.15, 0.2) is 6.10 Å². The molecule has 0 aromatic carbocycles. The third kappa shape index (κ3) is 1.92. The van der Waals surface area contributed by atoms with Crippen LogP contribution in [0.3, 0.4) is 0 Å². The van der Waals surface area contributed by atoms with Crippen LogP contribution in [0.25, 0.3) is 0 Å². The summed E-state index contributed by atoms with van der Waals surface area (Å²) in [5.74, 6) is 0. The average molecular weight is 154 g/mol. The molecule has 1 heterocycles. The number of nitriles is 1. The van der Waals surface area contributed by atoms with Crippen molar-refractivity contribution in [2.45, 2.75) is 32.0 Å². The van der Waals surface area contributed by atoms with Gasteiger partial charge in [-0.15, -0.1) is 0 Å². The van der Waals surface area contributed by atoms with Gasteiger partial charge in [-0.05, 0) is 13.3 Å². The lowest BCUT2D eigenvalue weighted by atomic mass is 10.0. The van der Waals surface area contributed by atoms with Gasteiger partial charge in [-0.25, -0.2) is 0 Å². The smallest absolute Gasteiger partial charge is 0.157 e. The molecule has 0 spiro atoms. The molecule has 0 aromatic heterocycles. The van der Waals surface area contributed by atoms with Crippen LogP contribution < -0.4 is 5.32 Å². The van der Waals surface area contributed by atoms with Crippen LogP contribution >= 0.6 is 0 Å². The summed E-state index contributed by atoms with van der Waals surface area (Å²) in [6, 6.07) is 2.11. The van der Waals surface area contributed by atoms with Crippen LogP contribution in [0.2, 0.25) is 0 Å². The Balaban J connectivity index is 2.53. The standard InChI is InChI=1S/C8H14N2O/c1-3-8(2)6-10-5-7(4-9)11-8/h7,10H,3,5-6H2,1-2H3. The van der Waals surface area contributed by atoms with Gasteiger partial charge in [0.2, 0.25) is 0 Å². The summed E-state index contributed by atoms with van der Waals surface area (Å²) in [4.78, 5) is 0. The van der Waals surface area contributed by atoms with E-state index in [1.165, 1.54) is 0 Å². The molecule has 2 atom stereocenters. The van der Waals surface area contributed by atoms with E-state index in [0.717, 1.165) is 13.0 Å². The monoisotopic (exact) mass is 154 g/mol. The Morgan fingerprint density at radius 1 is 1.82 bits per heavy atom. The Morgan fingerprint density at radius 3 is 3.09 bits per heavy atom. The Morgan fingerprint density at radius 2 is 2.55 bits per heavy atom. The maximum absolute atomic E-state index is 8.60. The maximum Gasteiger partial charge on any atom is 0.157 e. The first-order valence-corrected chi connectivity index (χ1v) is 3.98. The average Bonchev–Trinajstić information content (AvgIpc) is 2.05. The van der Waals surface area contributed by atoms with Crippen LogP contribution in [-0.4, -0.2) is 24.8 Å². The summed E-state index contributed by atoms with van der Waals surface area (Å²) in [5.41, 5.74) is -0.140. The van der Waals surface area contributed by atoms with E-state index < -0.39 is 0 Å². The Hall–Kier alpha value is -0.590. The fourth-order valence-electron chi connectivity index (χ4n) is 1.17. The van der Waals surface area contributed by atoms with Crippen molar-refractivity contribution in [2.24, 2.45) is 0 Å². The molecule has 0 aromatic rings. The van der Waals surface area contributed by atoms with Gasteiger partial charge in [0.25, 0.3) is 0 Å². The van der Waals surface area contributed by atoms with E-state index in [0.29, 0.717) is 6.54 Å². The minimum absolute atomic E-state index is 0.140. The van der Waals surface area contributed by atoms with E-state index in [1.54, 1.807) is 0 Å². The molecule has 0 amide bonds. The molecule has 11 heavy (non-hydrogen) atoms. The quantitative estimate of drug-likeness (QED) is 0.603. The number of ether oxygens (including phenoxy) is 1. The fraction of sp³-hybridized carbons (Fsp3) is 0.875. The topological polar surface area (TPSA) is 45.0 Å². The van der Waals surface area contributed by atoms with Crippen molar-refractivity contribution >= 4 is 0 Å². The Bertz CT molecular complexity index is 175. The third-order valence-electron chi connectivity index (χ3n) is 2.15. The fourth-order valence-corrected chi connectivity index (χ4v) is 1.17. The van der Waals surface area contributed by atoms with E-state index >= 15 is 0 Å². The Labute approximate surface area is 67.3 Å². The minimum Gasteiger partial charge on any atom is -0.354 e. The van der Waals surface area contributed by atoms with Gasteiger partial charge < -0.3 is 10.1 Å². The molecule has 1 N–H and O–H groups in total. The molecule has 1 saturated heterocycles. The van der Waals surface area contributed by atoms with Crippen LogP contribution in [0, 0.1) is 11.3 Å². The highest BCUT2D eigenvalue weighted by atomic mass is 16.5. The number of hydrogen-bond acceptors (Lipinski definition) is 3. The van der Waals surface area contributed by atoms with Crippen LogP contribution in [0.15, 0.2) is 0 Å². The van der Waals surface area contributed by atoms with Crippen molar-refractivity contribution in [1.82, 2.24) is 5.32 Å². The summed E-state index contributed by atoms with van der Waals surface area (Å²) in [5, 5.41) is 11.8. The highest BCUT2D eigenvalue weighted by Gasteiger charge is 2.30. The lowest BCUT2D eigenvalue weighted by Crippen LogP contribution is -2.51. The summed E-state index contributed by atoms with van der Waals surface area (Å²) in [6.45, 7) is 5.61. The van der Waals surface area contributed by atoms with Gasteiger partial charge in [0, 0.05) is 13.1 Å². The minimum atomic E-state index is -0.270. The van der Waals surface area contributed by atoms with E-state index in [2.05, 4.69) is 18.3 Å². The number of hydrogen-bond donors (Lipinski definition) is 1. The molecule has 0 saturated carbocycles. The van der Waals surface area contributed by atoms with Gasteiger partial charge in [-0.1, -0.05) is 6.92 Å². The predicted molar refractivity (Wildman–Crippen MR) is 42.1 cm³/mol. The van der Waals surface area contributed by atoms with Crippen molar-refractivity contribution in [3.63, 3.8) is 0 Å². The van der Waals surface area contributed by atoms with Crippen LogP contribution in [-0.2, 0) is 4.74 Å². The predicted octanol–water partition coefficient (Wildman–Crippen LogP) is 0.667. The van der Waals surface area contributed by atoms with E-state index in [4.69, 9.17) is 10.00 Å². The van der Waals surface area contributed by atoms with Crippen molar-refractivity contribution < 1.29 is 4.74 Å². The van der Waals surface area contributed by atoms with Gasteiger partial charge in [-0.2, -0.15) is 5.26 Å². The first kappa shape index (κ1) is 8.51. The van der Waals surface area contributed by atoms with E-state index in [1.807, 2.05) is 6.92 Å². The molecule has 1 rings (SSSR count). The van der Waals surface area contributed by atoms with Gasteiger partial charge >= 0.3 is 0 Å². The molecule has 0 bridgehead atoms. The number of nitrogens with zero attached hydrogens (tertiary/aromatic N) is 1. The normalized spacial score (nSPS) is 38.1. The molecule has 3 heteroatoms. The molecule has 1 fully saturated rings. The van der Waals surface area contributed by atoms with Gasteiger partial charge in [-0.3, -0.25) is 0 Å². The zero-order valence-electron chi connectivity index (χ0n) is 7.05. The molecule has 62 valence electrons. The van der Waals surface area contributed by atoms with Gasteiger partial charge in [0.1, 0.15) is 0 Å². The first-order chi connectivity index (χ1) is 5.20.